The van der Waals surface area contributed by atoms with E-state index >= 15 is 0 Å². The van der Waals surface area contributed by atoms with Crippen LogP contribution in [0.15, 0.2) is 47.8 Å². The van der Waals surface area contributed by atoms with Crippen LogP contribution < -0.4 is 9.64 Å². The molecular formula is C24H26Cl2N2O4. The van der Waals surface area contributed by atoms with Crippen LogP contribution in [0, 0.1) is 0 Å². The zero-order valence-corrected chi connectivity index (χ0v) is 19.9. The summed E-state index contributed by atoms with van der Waals surface area (Å²) in [6, 6.07) is 6.91. The van der Waals surface area contributed by atoms with Crippen molar-refractivity contribution < 1.29 is 19.1 Å². The number of ether oxygens (including phenoxy) is 2. The summed E-state index contributed by atoms with van der Waals surface area (Å²) in [5.41, 5.74) is 2.13. The second-order valence-corrected chi connectivity index (χ2v) is 8.62. The van der Waals surface area contributed by atoms with Crippen LogP contribution in [-0.2, 0) is 20.9 Å². The maximum Gasteiger partial charge on any atom is 0.334 e. The number of halogens is 2. The fourth-order valence-electron chi connectivity index (χ4n) is 3.66. The minimum atomic E-state index is -0.472. The van der Waals surface area contributed by atoms with Crippen LogP contribution in [-0.4, -0.2) is 30.1 Å². The molecule has 0 spiro atoms. The monoisotopic (exact) mass is 476 g/mol. The van der Waals surface area contributed by atoms with Gasteiger partial charge < -0.3 is 14.4 Å². The number of hydrogen-bond acceptors (Lipinski definition) is 5. The summed E-state index contributed by atoms with van der Waals surface area (Å²) >= 11 is 12.9. The molecule has 1 aliphatic carbocycles. The first-order valence-corrected chi connectivity index (χ1v) is 11.2. The van der Waals surface area contributed by atoms with E-state index < -0.39 is 5.97 Å². The van der Waals surface area contributed by atoms with Crippen molar-refractivity contribution in [1.82, 2.24) is 4.98 Å². The first-order chi connectivity index (χ1) is 15.3. The summed E-state index contributed by atoms with van der Waals surface area (Å²) < 4.78 is 10.8. The quantitative estimate of drug-likeness (QED) is 0.475. The average Bonchev–Trinajstić information content (AvgIpc) is 2.79. The molecule has 32 heavy (non-hydrogen) atoms. The Morgan fingerprint density at radius 1 is 1.12 bits per heavy atom. The van der Waals surface area contributed by atoms with Gasteiger partial charge in [-0.2, -0.15) is 0 Å². The summed E-state index contributed by atoms with van der Waals surface area (Å²) in [6.45, 7) is 3.99. The maximum absolute atomic E-state index is 13.8. The number of esters is 1. The van der Waals surface area contributed by atoms with Crippen molar-refractivity contribution >= 4 is 40.8 Å². The molecule has 0 N–H and O–H groups in total. The van der Waals surface area contributed by atoms with Crippen molar-refractivity contribution in [1.29, 1.82) is 0 Å². The molecule has 0 saturated carbocycles. The van der Waals surface area contributed by atoms with Crippen LogP contribution in [0.25, 0.3) is 0 Å². The second-order valence-electron chi connectivity index (χ2n) is 7.81. The Hall–Kier alpha value is -2.57. The molecular weight excluding hydrogens is 451 g/mol. The number of aromatic nitrogens is 1. The highest BCUT2D eigenvalue weighted by Crippen LogP contribution is 2.39. The van der Waals surface area contributed by atoms with Gasteiger partial charge in [0, 0.05) is 29.6 Å². The molecule has 0 aliphatic heterocycles. The predicted molar refractivity (Wildman–Crippen MR) is 125 cm³/mol. The predicted octanol–water partition coefficient (Wildman–Crippen LogP) is 5.75. The Morgan fingerprint density at radius 2 is 1.84 bits per heavy atom. The van der Waals surface area contributed by atoms with Gasteiger partial charge in [-0.25, -0.2) is 4.79 Å². The van der Waals surface area contributed by atoms with Crippen molar-refractivity contribution in [3.8, 4) is 5.75 Å². The molecule has 1 aromatic carbocycles. The third-order valence-corrected chi connectivity index (χ3v) is 5.72. The van der Waals surface area contributed by atoms with Gasteiger partial charge in [0.05, 0.1) is 35.5 Å². The lowest BCUT2D eigenvalue weighted by atomic mass is 9.90. The van der Waals surface area contributed by atoms with Gasteiger partial charge >= 0.3 is 5.97 Å². The molecule has 1 aliphatic rings. The molecule has 1 amide bonds. The van der Waals surface area contributed by atoms with Crippen LogP contribution >= 0.6 is 23.2 Å². The van der Waals surface area contributed by atoms with E-state index in [0.29, 0.717) is 45.5 Å². The van der Waals surface area contributed by atoms with Crippen molar-refractivity contribution in [2.75, 3.05) is 12.0 Å². The van der Waals surface area contributed by atoms with E-state index in [-0.39, 0.29) is 18.6 Å². The molecule has 0 bridgehead atoms. The maximum atomic E-state index is 13.8. The number of anilines is 1. The topological polar surface area (TPSA) is 68.7 Å². The zero-order valence-electron chi connectivity index (χ0n) is 18.4. The Balaban J connectivity index is 2.12. The van der Waals surface area contributed by atoms with E-state index in [4.69, 9.17) is 32.7 Å². The lowest BCUT2D eigenvalue weighted by molar-refractivity contribution is -0.136. The molecule has 0 radical (unpaired) electrons. The SMILES string of the molecule is COC(=O)C1=C(C(=O)N(Cc2cccnc2)c2cc(OC(C)C)c(Cl)cc2Cl)CCCC1. The third kappa shape index (κ3) is 5.61. The van der Waals surface area contributed by atoms with E-state index in [2.05, 4.69) is 4.98 Å². The molecule has 1 heterocycles. The molecule has 1 aromatic heterocycles. The van der Waals surface area contributed by atoms with Gasteiger partial charge in [-0.1, -0.05) is 29.3 Å². The highest BCUT2D eigenvalue weighted by atomic mass is 35.5. The zero-order chi connectivity index (χ0) is 23.3. The van der Waals surface area contributed by atoms with E-state index in [1.165, 1.54) is 7.11 Å². The lowest BCUT2D eigenvalue weighted by Gasteiger charge is -2.28. The van der Waals surface area contributed by atoms with Crippen molar-refractivity contribution in [3.05, 3.63) is 63.4 Å². The molecule has 3 rings (SSSR count). The molecule has 0 atom stereocenters. The first-order valence-electron chi connectivity index (χ1n) is 10.5. The highest BCUT2D eigenvalue weighted by molar-refractivity contribution is 6.37. The number of carbonyl (C=O) groups excluding carboxylic acids is 2. The van der Waals surface area contributed by atoms with Crippen LogP contribution in [0.3, 0.4) is 0 Å². The molecule has 0 saturated heterocycles. The minimum Gasteiger partial charge on any atom is -0.489 e. The number of amides is 1. The second kappa shape index (κ2) is 10.8. The Morgan fingerprint density at radius 3 is 2.47 bits per heavy atom. The van der Waals surface area contributed by atoms with Crippen molar-refractivity contribution in [2.24, 2.45) is 0 Å². The minimum absolute atomic E-state index is 0.115. The van der Waals surface area contributed by atoms with Gasteiger partial charge in [-0.15, -0.1) is 0 Å². The summed E-state index contributed by atoms with van der Waals surface area (Å²) in [5, 5.41) is 0.660. The lowest BCUT2D eigenvalue weighted by Crippen LogP contribution is -2.34. The number of pyridine rings is 1. The van der Waals surface area contributed by atoms with Crippen molar-refractivity contribution in [2.45, 2.75) is 52.2 Å². The molecule has 0 fully saturated rings. The first kappa shape index (κ1) is 24.1. The van der Waals surface area contributed by atoms with Gasteiger partial charge in [-0.05, 0) is 57.2 Å². The number of hydrogen-bond donors (Lipinski definition) is 0. The summed E-state index contributed by atoms with van der Waals surface area (Å²) in [6.07, 6.45) is 5.88. The van der Waals surface area contributed by atoms with Crippen LogP contribution in [0.4, 0.5) is 5.69 Å². The average molecular weight is 477 g/mol. The van der Waals surface area contributed by atoms with E-state index in [1.54, 1.807) is 35.5 Å². The Bertz CT molecular complexity index is 1020. The Kier molecular flexibility index (Phi) is 8.15. The number of carbonyl (C=O) groups is 2. The largest absolute Gasteiger partial charge is 0.489 e. The van der Waals surface area contributed by atoms with E-state index in [0.717, 1.165) is 18.4 Å². The molecule has 170 valence electrons. The standard InChI is InChI=1S/C24H26Cl2N2O4/c1-15(2)32-22-12-21(19(25)11-20(22)26)28(14-16-7-6-10-27-13-16)23(29)17-8-4-5-9-18(17)24(30)31-3/h6-7,10-13,15H,4-5,8-9,14H2,1-3H3. The van der Waals surface area contributed by atoms with Gasteiger partial charge in [0.1, 0.15) is 5.75 Å². The summed E-state index contributed by atoms with van der Waals surface area (Å²) in [5.74, 6) is -0.343. The van der Waals surface area contributed by atoms with Gasteiger partial charge in [0.2, 0.25) is 0 Å². The highest BCUT2D eigenvalue weighted by Gasteiger charge is 2.30. The van der Waals surface area contributed by atoms with E-state index in [1.807, 2.05) is 19.9 Å². The van der Waals surface area contributed by atoms with Crippen LogP contribution in [0.1, 0.15) is 45.1 Å². The number of methoxy groups -OCH3 is 1. The smallest absolute Gasteiger partial charge is 0.334 e. The summed E-state index contributed by atoms with van der Waals surface area (Å²) in [4.78, 5) is 31.9. The fraction of sp³-hybridized carbons (Fsp3) is 0.375. The fourth-order valence-corrected chi connectivity index (χ4v) is 4.19. The normalized spacial score (nSPS) is 13.8. The molecule has 0 unspecified atom stereocenters. The summed E-state index contributed by atoms with van der Waals surface area (Å²) in [7, 11) is 1.32. The number of nitrogens with zero attached hydrogens (tertiary/aromatic N) is 2. The molecule has 8 heteroatoms. The molecule has 6 nitrogen and oxygen atoms in total. The van der Waals surface area contributed by atoms with Gasteiger partial charge in [0.25, 0.3) is 5.91 Å². The Labute approximate surface area is 198 Å². The van der Waals surface area contributed by atoms with Crippen LogP contribution in [0.5, 0.6) is 5.75 Å². The van der Waals surface area contributed by atoms with E-state index in [9.17, 15) is 9.59 Å². The third-order valence-electron chi connectivity index (χ3n) is 5.12. The van der Waals surface area contributed by atoms with Crippen LogP contribution in [0.2, 0.25) is 10.0 Å². The molecule has 2 aromatic rings. The van der Waals surface area contributed by atoms with Crippen molar-refractivity contribution in [3.63, 3.8) is 0 Å². The van der Waals surface area contributed by atoms with Gasteiger partial charge in [-0.3, -0.25) is 9.78 Å². The van der Waals surface area contributed by atoms with Gasteiger partial charge in [0.15, 0.2) is 0 Å². The number of rotatable bonds is 7. The number of benzene rings is 1.